The van der Waals surface area contributed by atoms with E-state index >= 15 is 0 Å². The summed E-state index contributed by atoms with van der Waals surface area (Å²) in [5, 5.41) is 6.67. The van der Waals surface area contributed by atoms with Gasteiger partial charge in [-0.05, 0) is 41.9 Å². The third kappa shape index (κ3) is 8.70. The molecule has 0 bridgehead atoms. The van der Waals surface area contributed by atoms with Crippen LogP contribution in [0.5, 0.6) is 0 Å². The van der Waals surface area contributed by atoms with Crippen molar-refractivity contribution in [3.8, 4) is 0 Å². The molecule has 0 saturated carbocycles. The van der Waals surface area contributed by atoms with Gasteiger partial charge in [0.25, 0.3) is 0 Å². The minimum Gasteiger partial charge on any atom is -0.356 e. The first-order valence-electron chi connectivity index (χ1n) is 8.69. The molecule has 2 N–H and O–H groups in total. The molecule has 0 aromatic heterocycles. The van der Waals surface area contributed by atoms with Crippen LogP contribution in [0.15, 0.2) is 28.1 Å². The lowest BCUT2D eigenvalue weighted by molar-refractivity contribution is 0.286. The Bertz CT molecular complexity index is 713. The standard InChI is InChI=1S/C19H33N3O2S.HI/c1-14(2)11-19(4,5)13-22-18(20-6)21-12-16-8-9-17(15(3)10-16)25(7,23)24;/h8-10,14H,11-13H2,1-7H3,(H2,20,21,22);1H. The summed E-state index contributed by atoms with van der Waals surface area (Å²) >= 11 is 0. The van der Waals surface area contributed by atoms with Crippen LogP contribution in [0, 0.1) is 18.3 Å². The average molecular weight is 495 g/mol. The van der Waals surface area contributed by atoms with Crippen molar-refractivity contribution in [2.75, 3.05) is 19.8 Å². The molecule has 1 rings (SSSR count). The first kappa shape index (κ1) is 25.2. The Morgan fingerprint density at radius 3 is 2.31 bits per heavy atom. The third-order valence-electron chi connectivity index (χ3n) is 4.02. The average Bonchev–Trinajstić information content (AvgIpc) is 2.44. The van der Waals surface area contributed by atoms with E-state index in [1.807, 2.05) is 19.1 Å². The van der Waals surface area contributed by atoms with Gasteiger partial charge in [0.1, 0.15) is 0 Å². The smallest absolute Gasteiger partial charge is 0.191 e. The number of halogens is 1. The number of hydrogen-bond donors (Lipinski definition) is 2. The van der Waals surface area contributed by atoms with Crippen molar-refractivity contribution in [2.45, 2.75) is 52.5 Å². The van der Waals surface area contributed by atoms with Crippen LogP contribution in [-0.4, -0.2) is 34.2 Å². The van der Waals surface area contributed by atoms with Crippen LogP contribution < -0.4 is 10.6 Å². The Morgan fingerprint density at radius 2 is 1.85 bits per heavy atom. The van der Waals surface area contributed by atoms with E-state index in [4.69, 9.17) is 0 Å². The summed E-state index contributed by atoms with van der Waals surface area (Å²) in [6, 6.07) is 5.41. The van der Waals surface area contributed by atoms with E-state index in [2.05, 4.69) is 43.3 Å². The van der Waals surface area contributed by atoms with Gasteiger partial charge in [0.2, 0.25) is 0 Å². The lowest BCUT2D eigenvalue weighted by Crippen LogP contribution is -2.42. The first-order valence-corrected chi connectivity index (χ1v) is 10.6. The van der Waals surface area contributed by atoms with Crippen molar-refractivity contribution in [1.82, 2.24) is 10.6 Å². The number of rotatable bonds is 7. The Kier molecular flexibility index (Phi) is 10.2. The van der Waals surface area contributed by atoms with Crippen LogP contribution in [-0.2, 0) is 16.4 Å². The summed E-state index contributed by atoms with van der Waals surface area (Å²) in [5.74, 6) is 1.41. The number of guanidine groups is 1. The molecule has 0 spiro atoms. The zero-order chi connectivity index (χ0) is 19.3. The van der Waals surface area contributed by atoms with Gasteiger partial charge in [-0.2, -0.15) is 0 Å². The van der Waals surface area contributed by atoms with Gasteiger partial charge in [-0.15, -0.1) is 24.0 Å². The number of nitrogens with one attached hydrogen (secondary N) is 2. The van der Waals surface area contributed by atoms with E-state index in [9.17, 15) is 8.42 Å². The van der Waals surface area contributed by atoms with Crippen LogP contribution in [0.4, 0.5) is 0 Å². The number of hydrogen-bond acceptors (Lipinski definition) is 3. The quantitative estimate of drug-likeness (QED) is 0.344. The summed E-state index contributed by atoms with van der Waals surface area (Å²) in [4.78, 5) is 4.65. The van der Waals surface area contributed by atoms with Gasteiger partial charge in [0, 0.05) is 26.4 Å². The Morgan fingerprint density at radius 1 is 1.23 bits per heavy atom. The lowest BCUT2D eigenvalue weighted by Gasteiger charge is -2.28. The van der Waals surface area contributed by atoms with Crippen molar-refractivity contribution in [3.63, 3.8) is 0 Å². The van der Waals surface area contributed by atoms with Gasteiger partial charge < -0.3 is 10.6 Å². The minimum absolute atomic E-state index is 0. The molecule has 0 unspecified atom stereocenters. The maximum atomic E-state index is 11.7. The normalized spacial score (nSPS) is 12.7. The number of aliphatic imine (C=N–C) groups is 1. The largest absolute Gasteiger partial charge is 0.356 e. The molecule has 0 aliphatic carbocycles. The van der Waals surface area contributed by atoms with Gasteiger partial charge in [-0.3, -0.25) is 4.99 Å². The molecule has 150 valence electrons. The van der Waals surface area contributed by atoms with Crippen molar-refractivity contribution in [2.24, 2.45) is 16.3 Å². The second-order valence-corrected chi connectivity index (χ2v) is 9.90. The fraction of sp³-hybridized carbons (Fsp3) is 0.632. The zero-order valence-corrected chi connectivity index (χ0v) is 20.2. The molecule has 0 radical (unpaired) electrons. The van der Waals surface area contributed by atoms with E-state index in [1.165, 1.54) is 6.26 Å². The van der Waals surface area contributed by atoms with Gasteiger partial charge >= 0.3 is 0 Å². The highest BCUT2D eigenvalue weighted by molar-refractivity contribution is 14.0. The number of sulfone groups is 1. The molecule has 26 heavy (non-hydrogen) atoms. The number of aryl methyl sites for hydroxylation is 1. The fourth-order valence-electron chi connectivity index (χ4n) is 3.14. The predicted molar refractivity (Wildman–Crippen MR) is 121 cm³/mol. The topological polar surface area (TPSA) is 70.6 Å². The molecule has 0 fully saturated rings. The maximum Gasteiger partial charge on any atom is 0.191 e. The zero-order valence-electron chi connectivity index (χ0n) is 17.0. The Hall–Kier alpha value is -0.830. The Labute approximate surface area is 176 Å². The molecule has 0 aliphatic heterocycles. The molecule has 0 amide bonds. The molecule has 0 saturated heterocycles. The van der Waals surface area contributed by atoms with Gasteiger partial charge in [0.15, 0.2) is 15.8 Å². The molecule has 5 nitrogen and oxygen atoms in total. The molecule has 1 aromatic rings. The molecular formula is C19H34IN3O2S. The van der Waals surface area contributed by atoms with Crippen molar-refractivity contribution < 1.29 is 8.42 Å². The molecule has 7 heteroatoms. The summed E-state index contributed by atoms with van der Waals surface area (Å²) < 4.78 is 23.4. The highest BCUT2D eigenvalue weighted by atomic mass is 127. The van der Waals surface area contributed by atoms with Crippen LogP contribution in [0.25, 0.3) is 0 Å². The minimum atomic E-state index is -3.18. The molecule has 1 aromatic carbocycles. The van der Waals surface area contributed by atoms with E-state index in [0.717, 1.165) is 30.1 Å². The van der Waals surface area contributed by atoms with E-state index in [1.54, 1.807) is 13.1 Å². The predicted octanol–water partition coefficient (Wildman–Crippen LogP) is 3.75. The highest BCUT2D eigenvalue weighted by Crippen LogP contribution is 2.24. The highest BCUT2D eigenvalue weighted by Gasteiger charge is 2.19. The first-order chi connectivity index (χ1) is 11.4. The summed E-state index contributed by atoms with van der Waals surface area (Å²) in [7, 11) is -1.42. The summed E-state index contributed by atoms with van der Waals surface area (Å²) in [6.45, 7) is 12.2. The van der Waals surface area contributed by atoms with Crippen LogP contribution in [0.1, 0.15) is 45.2 Å². The second kappa shape index (κ2) is 10.5. The van der Waals surface area contributed by atoms with Gasteiger partial charge in [0.05, 0.1) is 4.90 Å². The maximum absolute atomic E-state index is 11.7. The van der Waals surface area contributed by atoms with Crippen molar-refractivity contribution >= 4 is 39.8 Å². The number of nitrogens with zero attached hydrogens (tertiary/aromatic N) is 1. The second-order valence-electron chi connectivity index (χ2n) is 7.91. The van der Waals surface area contributed by atoms with Crippen molar-refractivity contribution in [3.05, 3.63) is 29.3 Å². The third-order valence-corrected chi connectivity index (χ3v) is 5.27. The Balaban J connectivity index is 0.00000625. The monoisotopic (exact) mass is 495 g/mol. The summed E-state index contributed by atoms with van der Waals surface area (Å²) in [6.07, 6.45) is 2.38. The summed E-state index contributed by atoms with van der Waals surface area (Å²) in [5.41, 5.74) is 1.98. The van der Waals surface area contributed by atoms with Crippen molar-refractivity contribution in [1.29, 1.82) is 0 Å². The van der Waals surface area contributed by atoms with Gasteiger partial charge in [-0.1, -0.05) is 39.8 Å². The molecule has 0 heterocycles. The van der Waals surface area contributed by atoms with E-state index in [-0.39, 0.29) is 29.4 Å². The van der Waals surface area contributed by atoms with Gasteiger partial charge in [-0.25, -0.2) is 8.42 Å². The lowest BCUT2D eigenvalue weighted by atomic mass is 9.84. The van der Waals surface area contributed by atoms with Crippen LogP contribution in [0.2, 0.25) is 0 Å². The molecule has 0 aliphatic rings. The van der Waals surface area contributed by atoms with Crippen LogP contribution >= 0.6 is 24.0 Å². The van der Waals surface area contributed by atoms with E-state index in [0.29, 0.717) is 17.4 Å². The molecular weight excluding hydrogens is 461 g/mol. The fourth-order valence-corrected chi connectivity index (χ4v) is 4.10. The van der Waals surface area contributed by atoms with Crippen LogP contribution in [0.3, 0.4) is 0 Å². The van der Waals surface area contributed by atoms with E-state index < -0.39 is 9.84 Å². The number of benzene rings is 1. The SMILES string of the molecule is CN=C(NCc1ccc(S(C)(=O)=O)c(C)c1)NCC(C)(C)CC(C)C.I. The molecule has 0 atom stereocenters.